The summed E-state index contributed by atoms with van der Waals surface area (Å²) in [5.74, 6) is 0.664. The molecule has 0 aliphatic carbocycles. The molecular formula is C21H24N4O5. The van der Waals surface area contributed by atoms with Crippen LogP contribution < -0.4 is 30.3 Å². The van der Waals surface area contributed by atoms with Crippen LogP contribution in [0, 0.1) is 0 Å². The van der Waals surface area contributed by atoms with Crippen molar-refractivity contribution in [3.05, 3.63) is 42.5 Å². The van der Waals surface area contributed by atoms with Gasteiger partial charge in [-0.25, -0.2) is 4.79 Å². The predicted molar refractivity (Wildman–Crippen MR) is 113 cm³/mol. The van der Waals surface area contributed by atoms with Gasteiger partial charge in [0.25, 0.3) is 0 Å². The van der Waals surface area contributed by atoms with E-state index >= 15 is 0 Å². The lowest BCUT2D eigenvalue weighted by atomic mass is 10.2. The summed E-state index contributed by atoms with van der Waals surface area (Å²) in [5, 5.41) is 8.28. The Morgan fingerprint density at radius 1 is 1.10 bits per heavy atom. The molecule has 158 valence electrons. The molecule has 3 rings (SSSR count). The van der Waals surface area contributed by atoms with E-state index in [0.29, 0.717) is 41.5 Å². The summed E-state index contributed by atoms with van der Waals surface area (Å²) in [6.07, 6.45) is 0.679. The first-order chi connectivity index (χ1) is 14.5. The average molecular weight is 412 g/mol. The first kappa shape index (κ1) is 21.0. The number of ether oxygens (including phenoxy) is 2. The van der Waals surface area contributed by atoms with Crippen molar-refractivity contribution in [1.29, 1.82) is 0 Å². The number of carbonyl (C=O) groups is 3. The zero-order valence-corrected chi connectivity index (χ0v) is 16.9. The van der Waals surface area contributed by atoms with Crippen LogP contribution in [0.5, 0.6) is 11.5 Å². The summed E-state index contributed by atoms with van der Waals surface area (Å²) >= 11 is 0. The van der Waals surface area contributed by atoms with E-state index in [1.165, 1.54) is 12.0 Å². The molecule has 0 saturated heterocycles. The monoisotopic (exact) mass is 412 g/mol. The highest BCUT2D eigenvalue weighted by Crippen LogP contribution is 2.30. The Kier molecular flexibility index (Phi) is 6.74. The fraction of sp³-hybridized carbons (Fsp3) is 0.286. The van der Waals surface area contributed by atoms with Gasteiger partial charge < -0.3 is 25.4 Å². The van der Waals surface area contributed by atoms with Crippen molar-refractivity contribution in [1.82, 2.24) is 5.32 Å². The van der Waals surface area contributed by atoms with Crippen molar-refractivity contribution < 1.29 is 23.9 Å². The molecule has 9 heteroatoms. The molecule has 0 aromatic heterocycles. The van der Waals surface area contributed by atoms with Crippen LogP contribution in [0.1, 0.15) is 12.8 Å². The van der Waals surface area contributed by atoms with Gasteiger partial charge >= 0.3 is 6.03 Å². The number of nitrogens with zero attached hydrogens (tertiary/aromatic N) is 1. The summed E-state index contributed by atoms with van der Waals surface area (Å²) in [7, 11) is 3.07. The van der Waals surface area contributed by atoms with Gasteiger partial charge in [0, 0.05) is 24.7 Å². The molecule has 1 aliphatic rings. The number of nitrogens with one attached hydrogen (secondary N) is 3. The highest BCUT2D eigenvalue weighted by atomic mass is 16.5. The number of rotatable bonds is 7. The van der Waals surface area contributed by atoms with E-state index in [1.807, 2.05) is 0 Å². The number of anilines is 3. The molecule has 30 heavy (non-hydrogen) atoms. The molecule has 0 fully saturated rings. The fourth-order valence-corrected chi connectivity index (χ4v) is 3.09. The zero-order valence-electron chi connectivity index (χ0n) is 16.9. The van der Waals surface area contributed by atoms with Crippen molar-refractivity contribution in [3.63, 3.8) is 0 Å². The molecule has 0 saturated carbocycles. The quantitative estimate of drug-likeness (QED) is 0.606. The maximum Gasteiger partial charge on any atom is 0.322 e. The number of urea groups is 1. The Bertz CT molecular complexity index is 947. The molecule has 0 unspecified atom stereocenters. The Labute approximate surface area is 174 Å². The summed E-state index contributed by atoms with van der Waals surface area (Å²) < 4.78 is 10.4. The van der Waals surface area contributed by atoms with E-state index in [-0.39, 0.29) is 30.8 Å². The summed E-state index contributed by atoms with van der Waals surface area (Å²) in [5.41, 5.74) is 1.83. The van der Waals surface area contributed by atoms with Gasteiger partial charge in [0.05, 0.1) is 25.6 Å². The van der Waals surface area contributed by atoms with Crippen LogP contribution in [0.2, 0.25) is 0 Å². The lowest BCUT2D eigenvalue weighted by molar-refractivity contribution is -0.116. The maximum absolute atomic E-state index is 12.5. The second kappa shape index (κ2) is 9.64. The molecule has 4 amide bonds. The van der Waals surface area contributed by atoms with Crippen LogP contribution >= 0.6 is 0 Å². The van der Waals surface area contributed by atoms with Crippen molar-refractivity contribution in [2.75, 3.05) is 42.8 Å². The van der Waals surface area contributed by atoms with Gasteiger partial charge in [0.15, 0.2) is 11.5 Å². The van der Waals surface area contributed by atoms with Gasteiger partial charge in [0.1, 0.15) is 6.54 Å². The van der Waals surface area contributed by atoms with Gasteiger partial charge in [-0.05, 0) is 30.7 Å². The van der Waals surface area contributed by atoms with Crippen LogP contribution in [-0.2, 0) is 9.59 Å². The standard InChI is InChI=1S/C21H24N4O5/c1-29-17-10-9-14(12-18(17)30-2)23-19(26)8-5-11-22-21(28)25-13-20(27)24-15-6-3-4-7-16(15)25/h3-4,6-7,9-10,12H,5,8,11,13H2,1-2H3,(H,22,28)(H,23,26)(H,24,27). The van der Waals surface area contributed by atoms with Crippen LogP contribution in [0.15, 0.2) is 42.5 Å². The summed E-state index contributed by atoms with van der Waals surface area (Å²) in [6.45, 7) is 0.251. The molecule has 1 heterocycles. The molecule has 0 atom stereocenters. The number of methoxy groups -OCH3 is 2. The third-order valence-corrected chi connectivity index (χ3v) is 4.54. The van der Waals surface area contributed by atoms with E-state index in [9.17, 15) is 14.4 Å². The molecule has 0 bridgehead atoms. The average Bonchev–Trinajstić information content (AvgIpc) is 2.75. The first-order valence-electron chi connectivity index (χ1n) is 9.48. The summed E-state index contributed by atoms with van der Waals surface area (Å²) in [6, 6.07) is 11.8. The minimum Gasteiger partial charge on any atom is -0.493 e. The van der Waals surface area contributed by atoms with E-state index in [2.05, 4.69) is 16.0 Å². The Hall–Kier alpha value is -3.75. The zero-order chi connectivity index (χ0) is 21.5. The number of para-hydroxylation sites is 2. The SMILES string of the molecule is COc1ccc(NC(=O)CCCNC(=O)N2CC(=O)Nc3ccccc32)cc1OC. The molecular weight excluding hydrogens is 388 g/mol. The second-order valence-corrected chi connectivity index (χ2v) is 6.60. The molecule has 0 spiro atoms. The molecule has 2 aromatic rings. The van der Waals surface area contributed by atoms with Crippen LogP contribution in [0.25, 0.3) is 0 Å². The molecule has 2 aromatic carbocycles. The number of amides is 4. The smallest absolute Gasteiger partial charge is 0.322 e. The van der Waals surface area contributed by atoms with Gasteiger partial charge in [0.2, 0.25) is 11.8 Å². The fourth-order valence-electron chi connectivity index (χ4n) is 3.09. The predicted octanol–water partition coefficient (Wildman–Crippen LogP) is 2.59. The second-order valence-electron chi connectivity index (χ2n) is 6.60. The minimum absolute atomic E-state index is 0.0529. The third-order valence-electron chi connectivity index (χ3n) is 4.54. The largest absolute Gasteiger partial charge is 0.493 e. The number of carbonyl (C=O) groups excluding carboxylic acids is 3. The molecule has 3 N–H and O–H groups in total. The summed E-state index contributed by atoms with van der Waals surface area (Å²) in [4.78, 5) is 37.8. The van der Waals surface area contributed by atoms with Gasteiger partial charge in [-0.1, -0.05) is 12.1 Å². The minimum atomic E-state index is -0.377. The maximum atomic E-state index is 12.5. The van der Waals surface area contributed by atoms with Crippen LogP contribution in [0.4, 0.5) is 21.9 Å². The van der Waals surface area contributed by atoms with Crippen molar-refractivity contribution in [2.45, 2.75) is 12.8 Å². The molecule has 9 nitrogen and oxygen atoms in total. The Balaban J connectivity index is 1.46. The van der Waals surface area contributed by atoms with Crippen molar-refractivity contribution >= 4 is 34.9 Å². The Morgan fingerprint density at radius 3 is 2.63 bits per heavy atom. The van der Waals surface area contributed by atoms with Crippen LogP contribution in [0.3, 0.4) is 0 Å². The molecule has 0 radical (unpaired) electrons. The van der Waals surface area contributed by atoms with E-state index in [4.69, 9.17) is 9.47 Å². The first-order valence-corrected chi connectivity index (χ1v) is 9.48. The van der Waals surface area contributed by atoms with Gasteiger partial charge in [-0.3, -0.25) is 14.5 Å². The number of benzene rings is 2. The highest BCUT2D eigenvalue weighted by Gasteiger charge is 2.26. The third kappa shape index (κ3) is 4.99. The van der Waals surface area contributed by atoms with Crippen LogP contribution in [-0.4, -0.2) is 45.2 Å². The Morgan fingerprint density at radius 2 is 1.87 bits per heavy atom. The lowest BCUT2D eigenvalue weighted by Crippen LogP contribution is -2.47. The highest BCUT2D eigenvalue weighted by molar-refractivity contribution is 6.09. The van der Waals surface area contributed by atoms with Crippen molar-refractivity contribution in [2.24, 2.45) is 0 Å². The number of fused-ring (bicyclic) bond motifs is 1. The topological polar surface area (TPSA) is 109 Å². The number of hydrogen-bond donors (Lipinski definition) is 3. The van der Waals surface area contributed by atoms with E-state index in [0.717, 1.165) is 0 Å². The number of hydrogen-bond acceptors (Lipinski definition) is 5. The van der Waals surface area contributed by atoms with E-state index in [1.54, 1.807) is 49.6 Å². The lowest BCUT2D eigenvalue weighted by Gasteiger charge is -2.29. The van der Waals surface area contributed by atoms with Crippen molar-refractivity contribution in [3.8, 4) is 11.5 Å². The van der Waals surface area contributed by atoms with E-state index < -0.39 is 0 Å². The van der Waals surface area contributed by atoms with Gasteiger partial charge in [-0.2, -0.15) is 0 Å². The molecule has 1 aliphatic heterocycles. The van der Waals surface area contributed by atoms with Gasteiger partial charge in [-0.15, -0.1) is 0 Å². The normalized spacial score (nSPS) is 12.5.